The molecule has 1 aliphatic heterocycles. The van der Waals surface area contributed by atoms with Crippen molar-refractivity contribution in [2.45, 2.75) is 6.61 Å². The van der Waals surface area contributed by atoms with Crippen molar-refractivity contribution < 1.29 is 28.2 Å². The van der Waals surface area contributed by atoms with Crippen molar-refractivity contribution in [1.29, 1.82) is 0 Å². The highest BCUT2D eigenvalue weighted by Gasteiger charge is 2.36. The van der Waals surface area contributed by atoms with Gasteiger partial charge in [0.15, 0.2) is 11.5 Å². The number of amides is 4. The molecule has 1 aliphatic rings. The maximum atomic E-state index is 13.1. The van der Waals surface area contributed by atoms with Gasteiger partial charge in [-0.1, -0.05) is 30.3 Å². The summed E-state index contributed by atoms with van der Waals surface area (Å²) in [5.74, 6) is -0.990. The summed E-state index contributed by atoms with van der Waals surface area (Å²) in [6.07, 6.45) is 1.40. The van der Waals surface area contributed by atoms with Gasteiger partial charge in [-0.2, -0.15) is 0 Å². The lowest BCUT2D eigenvalue weighted by Crippen LogP contribution is -2.54. The van der Waals surface area contributed by atoms with Crippen LogP contribution in [-0.2, 0) is 16.2 Å². The topological polar surface area (TPSA) is 84.9 Å². The van der Waals surface area contributed by atoms with Crippen LogP contribution in [0.25, 0.3) is 6.08 Å². The maximum absolute atomic E-state index is 13.1. The Hall–Kier alpha value is -3.73. The maximum Gasteiger partial charge on any atom is 0.335 e. The molecule has 0 atom stereocenters. The molecule has 9 heteroatoms. The van der Waals surface area contributed by atoms with Crippen LogP contribution in [0.15, 0.2) is 72.3 Å². The van der Waals surface area contributed by atoms with E-state index >= 15 is 0 Å². The molecule has 1 fully saturated rings. The van der Waals surface area contributed by atoms with Gasteiger partial charge in [0.1, 0.15) is 18.0 Å². The zero-order valence-electron chi connectivity index (χ0n) is 17.9. The Bertz CT molecular complexity index is 1290. The monoisotopic (exact) mass is 572 g/mol. The van der Waals surface area contributed by atoms with Crippen molar-refractivity contribution in [3.8, 4) is 11.5 Å². The van der Waals surface area contributed by atoms with Gasteiger partial charge in [-0.15, -0.1) is 0 Å². The summed E-state index contributed by atoms with van der Waals surface area (Å²) in [6, 6.07) is 16.8. The molecule has 0 radical (unpaired) electrons. The van der Waals surface area contributed by atoms with Crippen molar-refractivity contribution in [3.63, 3.8) is 0 Å². The fourth-order valence-corrected chi connectivity index (χ4v) is 4.12. The third kappa shape index (κ3) is 4.93. The predicted molar refractivity (Wildman–Crippen MR) is 132 cm³/mol. The van der Waals surface area contributed by atoms with Crippen LogP contribution in [0.3, 0.4) is 0 Å². The summed E-state index contributed by atoms with van der Waals surface area (Å²) in [5, 5.41) is 2.20. The SMILES string of the molecule is COc1cc(/C=C2\C(=O)NC(=O)N(c3ccccc3)C2=O)cc(I)c1OCc1ccc(F)cc1. The van der Waals surface area contributed by atoms with E-state index in [1.54, 1.807) is 54.6 Å². The van der Waals surface area contributed by atoms with E-state index < -0.39 is 17.8 Å². The summed E-state index contributed by atoms with van der Waals surface area (Å²) in [5.41, 5.74) is 1.44. The molecule has 4 rings (SSSR count). The lowest BCUT2D eigenvalue weighted by molar-refractivity contribution is -0.122. The summed E-state index contributed by atoms with van der Waals surface area (Å²) in [7, 11) is 1.47. The molecule has 0 aliphatic carbocycles. The first-order valence-electron chi connectivity index (χ1n) is 10.1. The van der Waals surface area contributed by atoms with Crippen molar-refractivity contribution in [1.82, 2.24) is 5.32 Å². The van der Waals surface area contributed by atoms with E-state index in [9.17, 15) is 18.8 Å². The minimum Gasteiger partial charge on any atom is -0.493 e. The first kappa shape index (κ1) is 23.4. The van der Waals surface area contributed by atoms with E-state index in [2.05, 4.69) is 27.9 Å². The zero-order chi connectivity index (χ0) is 24.2. The number of hydrogen-bond donors (Lipinski definition) is 1. The molecule has 3 aromatic carbocycles. The van der Waals surface area contributed by atoms with E-state index in [1.165, 1.54) is 25.3 Å². The average molecular weight is 572 g/mol. The van der Waals surface area contributed by atoms with Crippen molar-refractivity contribution in [2.24, 2.45) is 0 Å². The number of methoxy groups -OCH3 is 1. The standard InChI is InChI=1S/C25H18FIN2O5/c1-33-21-13-16(12-20(27)22(21)34-14-15-7-9-17(26)10-8-15)11-19-23(30)28-25(32)29(24(19)31)18-5-3-2-4-6-18/h2-13H,14H2,1H3,(H,28,30,32)/b19-11+. The number of halogens is 2. The van der Waals surface area contributed by atoms with Gasteiger partial charge < -0.3 is 9.47 Å². The highest BCUT2D eigenvalue weighted by Crippen LogP contribution is 2.35. The predicted octanol–water partition coefficient (Wildman–Crippen LogP) is 4.68. The Morgan fingerprint density at radius 3 is 2.41 bits per heavy atom. The summed E-state index contributed by atoms with van der Waals surface area (Å²) in [4.78, 5) is 38.7. The second-order valence-corrected chi connectivity index (χ2v) is 8.40. The Kier molecular flexibility index (Phi) is 6.92. The molecule has 0 spiro atoms. The van der Waals surface area contributed by atoms with E-state index in [-0.39, 0.29) is 18.0 Å². The first-order chi connectivity index (χ1) is 16.4. The highest BCUT2D eigenvalue weighted by molar-refractivity contribution is 14.1. The first-order valence-corrected chi connectivity index (χ1v) is 11.2. The van der Waals surface area contributed by atoms with Crippen LogP contribution in [-0.4, -0.2) is 25.0 Å². The normalized spacial score (nSPS) is 14.9. The largest absolute Gasteiger partial charge is 0.493 e. The van der Waals surface area contributed by atoms with Crippen LogP contribution in [0.4, 0.5) is 14.9 Å². The van der Waals surface area contributed by atoms with Gasteiger partial charge in [0.2, 0.25) is 0 Å². The second kappa shape index (κ2) is 10.0. The van der Waals surface area contributed by atoms with Gasteiger partial charge in [-0.25, -0.2) is 14.1 Å². The molecular formula is C25H18FIN2O5. The van der Waals surface area contributed by atoms with E-state index in [0.29, 0.717) is 26.3 Å². The number of benzene rings is 3. The number of imide groups is 2. The Balaban J connectivity index is 1.63. The molecular weight excluding hydrogens is 554 g/mol. The van der Waals surface area contributed by atoms with Crippen LogP contribution in [0.1, 0.15) is 11.1 Å². The third-order valence-corrected chi connectivity index (χ3v) is 5.78. The molecule has 3 aromatic rings. The second-order valence-electron chi connectivity index (χ2n) is 7.24. The Labute approximate surface area is 208 Å². The van der Waals surface area contributed by atoms with E-state index in [1.807, 2.05) is 0 Å². The molecule has 0 bridgehead atoms. The molecule has 0 unspecified atom stereocenters. The minimum absolute atomic E-state index is 0.193. The van der Waals surface area contributed by atoms with Gasteiger partial charge in [0, 0.05) is 0 Å². The van der Waals surface area contributed by atoms with Crippen molar-refractivity contribution in [2.75, 3.05) is 12.0 Å². The number of carbonyl (C=O) groups is 3. The smallest absolute Gasteiger partial charge is 0.335 e. The van der Waals surface area contributed by atoms with Crippen LogP contribution in [0, 0.1) is 9.39 Å². The quantitative estimate of drug-likeness (QED) is 0.264. The molecule has 1 N–H and O–H groups in total. The van der Waals surface area contributed by atoms with Gasteiger partial charge in [-0.05, 0) is 76.2 Å². The van der Waals surface area contributed by atoms with E-state index in [0.717, 1.165) is 10.5 Å². The van der Waals surface area contributed by atoms with Crippen molar-refractivity contribution >= 4 is 52.2 Å². The number of hydrogen-bond acceptors (Lipinski definition) is 5. The number of anilines is 1. The van der Waals surface area contributed by atoms with Crippen LogP contribution < -0.4 is 19.7 Å². The Morgan fingerprint density at radius 2 is 1.74 bits per heavy atom. The Morgan fingerprint density at radius 1 is 1.03 bits per heavy atom. The molecule has 34 heavy (non-hydrogen) atoms. The fourth-order valence-electron chi connectivity index (χ4n) is 3.34. The summed E-state index contributed by atoms with van der Waals surface area (Å²) >= 11 is 2.06. The number of rotatable bonds is 6. The number of nitrogens with zero attached hydrogens (tertiary/aromatic N) is 1. The number of barbiturate groups is 1. The molecule has 4 amide bonds. The summed E-state index contributed by atoms with van der Waals surface area (Å²) in [6.45, 7) is 0.197. The summed E-state index contributed by atoms with van der Waals surface area (Å²) < 4.78 is 25.1. The molecule has 172 valence electrons. The van der Waals surface area contributed by atoms with Crippen LogP contribution in [0.2, 0.25) is 0 Å². The third-order valence-electron chi connectivity index (χ3n) is 4.98. The lowest BCUT2D eigenvalue weighted by atomic mass is 10.1. The number of para-hydroxylation sites is 1. The molecule has 1 saturated heterocycles. The number of urea groups is 1. The lowest BCUT2D eigenvalue weighted by Gasteiger charge is -2.26. The van der Waals surface area contributed by atoms with Crippen LogP contribution >= 0.6 is 22.6 Å². The number of ether oxygens (including phenoxy) is 2. The molecule has 7 nitrogen and oxygen atoms in total. The average Bonchev–Trinajstić information content (AvgIpc) is 2.82. The molecule has 0 saturated carbocycles. The number of carbonyl (C=O) groups excluding carboxylic acids is 3. The fraction of sp³-hybridized carbons (Fsp3) is 0.0800. The van der Waals surface area contributed by atoms with Crippen LogP contribution in [0.5, 0.6) is 11.5 Å². The molecule has 1 heterocycles. The number of nitrogens with one attached hydrogen (secondary N) is 1. The van der Waals surface area contributed by atoms with Gasteiger partial charge >= 0.3 is 6.03 Å². The van der Waals surface area contributed by atoms with Gasteiger partial charge in [0.05, 0.1) is 16.4 Å². The highest BCUT2D eigenvalue weighted by atomic mass is 127. The van der Waals surface area contributed by atoms with E-state index in [4.69, 9.17) is 9.47 Å². The van der Waals surface area contributed by atoms with Gasteiger partial charge in [-0.3, -0.25) is 14.9 Å². The minimum atomic E-state index is -0.810. The van der Waals surface area contributed by atoms with Gasteiger partial charge in [0.25, 0.3) is 11.8 Å². The molecule has 0 aromatic heterocycles. The van der Waals surface area contributed by atoms with Crippen molar-refractivity contribution in [3.05, 3.63) is 92.8 Å². The zero-order valence-corrected chi connectivity index (χ0v) is 20.0.